The van der Waals surface area contributed by atoms with Gasteiger partial charge in [-0.25, -0.2) is 9.59 Å². The predicted octanol–water partition coefficient (Wildman–Crippen LogP) is 5.07. The van der Waals surface area contributed by atoms with Gasteiger partial charge in [0, 0.05) is 24.4 Å². The molecule has 3 rings (SSSR count). The molecular formula is C32H38F3N3O8. The third kappa shape index (κ3) is 10.3. The minimum Gasteiger partial charge on any atom is -0.491 e. The molecule has 2 aromatic carbocycles. The summed E-state index contributed by atoms with van der Waals surface area (Å²) in [7, 11) is 0. The fourth-order valence-corrected chi connectivity index (χ4v) is 4.89. The number of allylic oxidation sites excluding steroid dienone is 2. The molecule has 0 saturated carbocycles. The van der Waals surface area contributed by atoms with Gasteiger partial charge >= 0.3 is 18.1 Å². The molecule has 1 aliphatic rings. The van der Waals surface area contributed by atoms with E-state index < -0.39 is 52.0 Å². The molecule has 3 N–H and O–H groups in total. The van der Waals surface area contributed by atoms with E-state index in [1.165, 1.54) is 26.0 Å². The van der Waals surface area contributed by atoms with Crippen molar-refractivity contribution in [2.45, 2.75) is 57.7 Å². The number of nitro groups is 1. The van der Waals surface area contributed by atoms with Crippen LogP contribution in [0.15, 0.2) is 77.1 Å². The largest absolute Gasteiger partial charge is 0.491 e. The lowest BCUT2D eigenvalue weighted by molar-refractivity contribution is -0.384. The van der Waals surface area contributed by atoms with Crippen molar-refractivity contribution in [3.05, 3.63) is 92.8 Å². The van der Waals surface area contributed by atoms with Gasteiger partial charge < -0.3 is 30.0 Å². The Morgan fingerprint density at radius 3 is 2.39 bits per heavy atom. The Kier molecular flexibility index (Phi) is 13.6. The zero-order valence-electron chi connectivity index (χ0n) is 25.6. The van der Waals surface area contributed by atoms with Crippen LogP contribution in [-0.2, 0) is 19.1 Å². The number of nitrogens with one attached hydrogen (secondary N) is 2. The van der Waals surface area contributed by atoms with Crippen LogP contribution in [0.1, 0.15) is 51.0 Å². The molecule has 0 radical (unpaired) electrons. The van der Waals surface area contributed by atoms with Crippen molar-refractivity contribution in [2.75, 3.05) is 32.9 Å². The number of nitrogens with zero attached hydrogens (tertiary/aromatic N) is 1. The average Bonchev–Trinajstić information content (AvgIpc) is 3.02. The summed E-state index contributed by atoms with van der Waals surface area (Å²) in [5, 5.41) is 26.8. The van der Waals surface area contributed by atoms with Crippen molar-refractivity contribution in [3.8, 4) is 5.75 Å². The number of alkyl halides is 3. The van der Waals surface area contributed by atoms with Crippen molar-refractivity contribution < 1.29 is 47.0 Å². The van der Waals surface area contributed by atoms with Gasteiger partial charge in [0.1, 0.15) is 24.2 Å². The highest BCUT2D eigenvalue weighted by Crippen LogP contribution is 2.44. The molecule has 0 spiro atoms. The Hall–Kier alpha value is -4.43. The van der Waals surface area contributed by atoms with Gasteiger partial charge in [-0.2, -0.15) is 13.2 Å². The van der Waals surface area contributed by atoms with Gasteiger partial charge in [0.15, 0.2) is 0 Å². The van der Waals surface area contributed by atoms with Crippen LogP contribution in [-0.4, -0.2) is 67.2 Å². The van der Waals surface area contributed by atoms with E-state index in [9.17, 15) is 38.0 Å². The second-order valence-electron chi connectivity index (χ2n) is 10.5. The first-order valence-electron chi connectivity index (χ1n) is 14.9. The zero-order valence-corrected chi connectivity index (χ0v) is 25.6. The average molecular weight is 650 g/mol. The number of aliphatic hydroxyl groups excluding tert-OH is 1. The summed E-state index contributed by atoms with van der Waals surface area (Å²) >= 11 is 0. The van der Waals surface area contributed by atoms with Gasteiger partial charge in [0.25, 0.3) is 5.69 Å². The predicted molar refractivity (Wildman–Crippen MR) is 162 cm³/mol. The summed E-state index contributed by atoms with van der Waals surface area (Å²) in [6, 6.07) is 13.9. The highest BCUT2D eigenvalue weighted by Gasteiger charge is 2.47. The Morgan fingerprint density at radius 1 is 1.02 bits per heavy atom. The number of esters is 2. The quantitative estimate of drug-likeness (QED) is 0.0918. The molecule has 0 saturated heterocycles. The van der Waals surface area contributed by atoms with Gasteiger partial charge in [-0.15, -0.1) is 0 Å². The van der Waals surface area contributed by atoms with E-state index in [1.807, 2.05) is 18.2 Å². The van der Waals surface area contributed by atoms with Gasteiger partial charge in [0.2, 0.25) is 0 Å². The summed E-state index contributed by atoms with van der Waals surface area (Å²) in [6.45, 7) is 3.55. The van der Waals surface area contributed by atoms with Gasteiger partial charge in [-0.1, -0.05) is 43.2 Å². The molecule has 0 fully saturated rings. The van der Waals surface area contributed by atoms with Crippen LogP contribution in [0.3, 0.4) is 0 Å². The molecule has 250 valence electrons. The SMILES string of the molecule is CCOC(=O)C1=C(C(F)(F)F)NC(C)=C(C(=O)OCCCCCCNCC(O)COc2ccccc2)C1c1cccc([N+](=O)[O-])c1. The molecular weight excluding hydrogens is 611 g/mol. The van der Waals surface area contributed by atoms with Crippen LogP contribution in [0.25, 0.3) is 0 Å². The van der Waals surface area contributed by atoms with Crippen molar-refractivity contribution in [1.82, 2.24) is 10.6 Å². The lowest BCUT2D eigenvalue weighted by Crippen LogP contribution is -2.38. The Labute approximate surface area is 264 Å². The molecule has 2 unspecified atom stereocenters. The van der Waals surface area contributed by atoms with Gasteiger partial charge in [0.05, 0.1) is 35.2 Å². The molecule has 0 bridgehead atoms. The number of rotatable bonds is 17. The van der Waals surface area contributed by atoms with E-state index >= 15 is 0 Å². The highest BCUT2D eigenvalue weighted by atomic mass is 19.4. The lowest BCUT2D eigenvalue weighted by Gasteiger charge is -2.32. The first-order chi connectivity index (χ1) is 21.9. The van der Waals surface area contributed by atoms with E-state index in [2.05, 4.69) is 10.6 Å². The number of hydrogen-bond acceptors (Lipinski definition) is 10. The number of non-ortho nitro benzene ring substituents is 1. The van der Waals surface area contributed by atoms with E-state index in [4.69, 9.17) is 14.2 Å². The molecule has 46 heavy (non-hydrogen) atoms. The molecule has 14 heteroatoms. The molecule has 0 aromatic heterocycles. The van der Waals surface area contributed by atoms with Crippen molar-refractivity contribution >= 4 is 17.6 Å². The number of para-hydroxylation sites is 1. The topological polar surface area (TPSA) is 149 Å². The third-order valence-corrected chi connectivity index (χ3v) is 7.02. The molecule has 1 aliphatic heterocycles. The van der Waals surface area contributed by atoms with Crippen LogP contribution in [0.2, 0.25) is 0 Å². The third-order valence-electron chi connectivity index (χ3n) is 7.02. The maximum absolute atomic E-state index is 14.1. The number of nitro benzene ring substituents is 1. The fourth-order valence-electron chi connectivity index (χ4n) is 4.89. The van der Waals surface area contributed by atoms with Gasteiger partial charge in [-0.3, -0.25) is 10.1 Å². The smallest absolute Gasteiger partial charge is 0.431 e. The molecule has 2 aromatic rings. The summed E-state index contributed by atoms with van der Waals surface area (Å²) in [5.41, 5.74) is -3.29. The molecule has 1 heterocycles. The second-order valence-corrected chi connectivity index (χ2v) is 10.5. The fraction of sp³-hybridized carbons (Fsp3) is 0.438. The van der Waals surface area contributed by atoms with E-state index in [0.29, 0.717) is 31.7 Å². The second kappa shape index (κ2) is 17.3. The van der Waals surface area contributed by atoms with Crippen LogP contribution >= 0.6 is 0 Å². The van der Waals surface area contributed by atoms with Gasteiger partial charge in [-0.05, 0) is 50.9 Å². The first kappa shape index (κ1) is 36.0. The number of carbonyl (C=O) groups excluding carboxylic acids is 2. The normalized spacial score (nSPS) is 15.7. The number of halogens is 3. The van der Waals surface area contributed by atoms with Crippen molar-refractivity contribution in [2.24, 2.45) is 0 Å². The molecule has 0 amide bonds. The van der Waals surface area contributed by atoms with Crippen LogP contribution < -0.4 is 15.4 Å². The molecule has 11 nitrogen and oxygen atoms in total. The number of benzene rings is 2. The Balaban J connectivity index is 1.58. The maximum Gasteiger partial charge on any atom is 0.431 e. The highest BCUT2D eigenvalue weighted by molar-refractivity contribution is 6.00. The summed E-state index contributed by atoms with van der Waals surface area (Å²) < 4.78 is 58.3. The number of aliphatic hydroxyl groups is 1. The molecule has 0 aliphatic carbocycles. The Bertz CT molecular complexity index is 1410. The van der Waals surface area contributed by atoms with Crippen molar-refractivity contribution in [3.63, 3.8) is 0 Å². The number of carbonyl (C=O) groups is 2. The summed E-state index contributed by atoms with van der Waals surface area (Å²) in [5.74, 6) is -3.24. The van der Waals surface area contributed by atoms with E-state index in [0.717, 1.165) is 25.0 Å². The Morgan fingerprint density at radius 2 is 1.72 bits per heavy atom. The van der Waals surface area contributed by atoms with E-state index in [1.54, 1.807) is 12.1 Å². The monoisotopic (exact) mass is 649 g/mol. The van der Waals surface area contributed by atoms with Crippen LogP contribution in [0.4, 0.5) is 18.9 Å². The minimum atomic E-state index is -5.03. The van der Waals surface area contributed by atoms with Crippen molar-refractivity contribution in [1.29, 1.82) is 0 Å². The number of dihydropyridines is 1. The number of hydrogen-bond donors (Lipinski definition) is 3. The van der Waals surface area contributed by atoms with Crippen LogP contribution in [0, 0.1) is 10.1 Å². The lowest BCUT2D eigenvalue weighted by atomic mass is 9.80. The maximum atomic E-state index is 14.1. The summed E-state index contributed by atoms with van der Waals surface area (Å²) in [6.07, 6.45) is -2.98. The standard InChI is InChI=1S/C32H38F3N3O8/c1-3-44-31(41)28-27(22-12-11-13-23(18-22)38(42)43)26(21(2)37-29(28)32(33,34)35)30(40)45-17-10-5-4-9-16-36-19-24(39)20-46-25-14-7-6-8-15-25/h6-8,11-15,18,24,27,36-37,39H,3-5,9-10,16-17,19-20H2,1-2H3. The molecule has 2 atom stereocenters. The number of ether oxygens (including phenoxy) is 3. The summed E-state index contributed by atoms with van der Waals surface area (Å²) in [4.78, 5) is 36.9. The number of unbranched alkanes of at least 4 members (excludes halogenated alkanes) is 3. The first-order valence-corrected chi connectivity index (χ1v) is 14.9. The van der Waals surface area contributed by atoms with Crippen LogP contribution in [0.5, 0.6) is 5.75 Å². The minimum absolute atomic E-state index is 0.0369. The van der Waals surface area contributed by atoms with E-state index in [-0.39, 0.29) is 36.7 Å². The zero-order chi connectivity index (χ0) is 33.7.